The van der Waals surface area contributed by atoms with E-state index in [0.29, 0.717) is 0 Å². The quantitative estimate of drug-likeness (QED) is 0.848. The van der Waals surface area contributed by atoms with Crippen molar-refractivity contribution in [3.05, 3.63) is 24.3 Å². The van der Waals surface area contributed by atoms with Gasteiger partial charge in [0.15, 0.2) is 0 Å². The lowest BCUT2D eigenvalue weighted by Gasteiger charge is -2.34. The summed E-state index contributed by atoms with van der Waals surface area (Å²) in [6.07, 6.45) is 0. The fourth-order valence-corrected chi connectivity index (χ4v) is 2.63. The van der Waals surface area contributed by atoms with Gasteiger partial charge in [-0.25, -0.2) is 0 Å². The van der Waals surface area contributed by atoms with Crippen LogP contribution in [-0.2, 0) is 0 Å². The van der Waals surface area contributed by atoms with Crippen LogP contribution in [-0.4, -0.2) is 57.8 Å². The van der Waals surface area contributed by atoms with E-state index in [1.54, 1.807) is 0 Å². The average Bonchev–Trinajstić information content (AvgIpc) is 2.38. The Bertz CT molecular complexity index is 408. The largest absolute Gasteiger partial charge is 0.385 e. The summed E-state index contributed by atoms with van der Waals surface area (Å²) in [5, 5.41) is 6.87. The summed E-state index contributed by atoms with van der Waals surface area (Å²) in [6, 6.07) is 8.85. The molecule has 1 aromatic rings. The maximum absolute atomic E-state index is 3.56. The lowest BCUT2D eigenvalue weighted by Crippen LogP contribution is -2.45. The van der Waals surface area contributed by atoms with Crippen LogP contribution in [0, 0.1) is 5.92 Å². The Morgan fingerprint density at radius 2 is 2.00 bits per heavy atom. The minimum Gasteiger partial charge on any atom is -0.385 e. The van der Waals surface area contributed by atoms with Crippen molar-refractivity contribution in [1.82, 2.24) is 10.2 Å². The van der Waals surface area contributed by atoms with E-state index in [9.17, 15) is 0 Å². The Morgan fingerprint density at radius 1 is 1.21 bits per heavy atom. The van der Waals surface area contributed by atoms with Gasteiger partial charge in [0.1, 0.15) is 0 Å². The molecule has 104 valence electrons. The Kier molecular flexibility index (Phi) is 3.89. The lowest BCUT2D eigenvalue weighted by molar-refractivity contribution is 0.313. The molecule has 2 saturated heterocycles. The molecule has 0 radical (unpaired) electrons. The lowest BCUT2D eigenvalue weighted by atomic mass is 10.0. The fourth-order valence-electron chi connectivity index (χ4n) is 2.63. The summed E-state index contributed by atoms with van der Waals surface area (Å²) in [6.45, 7) is 7.98. The Morgan fingerprint density at radius 3 is 2.68 bits per heavy atom. The zero-order valence-corrected chi connectivity index (χ0v) is 11.7. The first-order valence-corrected chi connectivity index (χ1v) is 7.29. The third-order valence-electron chi connectivity index (χ3n) is 4.18. The molecule has 1 aromatic carbocycles. The minimum absolute atomic E-state index is 0.798. The average molecular weight is 260 g/mol. The van der Waals surface area contributed by atoms with Gasteiger partial charge in [-0.15, -0.1) is 0 Å². The molecule has 0 unspecified atom stereocenters. The van der Waals surface area contributed by atoms with Crippen LogP contribution in [0.3, 0.4) is 0 Å². The molecular formula is C15H24N4. The maximum Gasteiger partial charge on any atom is 0.0387 e. The van der Waals surface area contributed by atoms with Crippen LogP contribution >= 0.6 is 0 Å². The van der Waals surface area contributed by atoms with E-state index in [4.69, 9.17) is 0 Å². The maximum atomic E-state index is 3.56. The Labute approximate surface area is 115 Å². The molecule has 2 fully saturated rings. The van der Waals surface area contributed by atoms with Crippen molar-refractivity contribution in [1.29, 1.82) is 0 Å². The molecule has 0 aromatic heterocycles. The number of nitrogens with zero attached hydrogens (tertiary/aromatic N) is 2. The smallest absolute Gasteiger partial charge is 0.0387 e. The highest BCUT2D eigenvalue weighted by molar-refractivity contribution is 5.58. The minimum atomic E-state index is 0.798. The van der Waals surface area contributed by atoms with Gasteiger partial charge in [-0.05, 0) is 25.2 Å². The number of hydrogen-bond acceptors (Lipinski definition) is 4. The number of hydrogen-bond donors (Lipinski definition) is 2. The van der Waals surface area contributed by atoms with Gasteiger partial charge in [0.25, 0.3) is 0 Å². The number of benzene rings is 1. The summed E-state index contributed by atoms with van der Waals surface area (Å²) in [5.41, 5.74) is 2.60. The first-order valence-electron chi connectivity index (χ1n) is 7.29. The molecule has 0 atom stereocenters. The monoisotopic (exact) mass is 260 g/mol. The molecule has 2 heterocycles. The Balaban J connectivity index is 1.58. The molecule has 2 N–H and O–H groups in total. The van der Waals surface area contributed by atoms with Gasteiger partial charge in [-0.1, -0.05) is 6.07 Å². The molecule has 2 aliphatic rings. The van der Waals surface area contributed by atoms with Gasteiger partial charge in [-0.3, -0.25) is 0 Å². The molecule has 0 amide bonds. The summed E-state index contributed by atoms with van der Waals surface area (Å²) in [5.74, 6) is 0.798. The van der Waals surface area contributed by atoms with E-state index in [2.05, 4.69) is 51.7 Å². The zero-order chi connectivity index (χ0) is 13.1. The molecule has 19 heavy (non-hydrogen) atoms. The topological polar surface area (TPSA) is 30.5 Å². The van der Waals surface area contributed by atoms with Crippen LogP contribution in [0.4, 0.5) is 11.4 Å². The summed E-state index contributed by atoms with van der Waals surface area (Å²) in [4.78, 5) is 4.87. The summed E-state index contributed by atoms with van der Waals surface area (Å²) >= 11 is 0. The third-order valence-corrected chi connectivity index (χ3v) is 4.18. The van der Waals surface area contributed by atoms with Gasteiger partial charge in [0.2, 0.25) is 0 Å². The van der Waals surface area contributed by atoms with Gasteiger partial charge < -0.3 is 20.4 Å². The molecule has 0 saturated carbocycles. The molecule has 2 aliphatic heterocycles. The van der Waals surface area contributed by atoms with Crippen LogP contribution in [0.1, 0.15) is 0 Å². The first-order chi connectivity index (χ1) is 9.31. The number of nitrogens with one attached hydrogen (secondary N) is 2. The van der Waals surface area contributed by atoms with Crippen LogP contribution in [0.15, 0.2) is 24.3 Å². The van der Waals surface area contributed by atoms with Crippen LogP contribution in [0.5, 0.6) is 0 Å². The molecule has 3 rings (SSSR count). The number of rotatable bonds is 4. The van der Waals surface area contributed by atoms with E-state index in [0.717, 1.165) is 51.7 Å². The van der Waals surface area contributed by atoms with Crippen molar-refractivity contribution in [2.24, 2.45) is 5.92 Å². The molecular weight excluding hydrogens is 236 g/mol. The molecule has 4 heteroatoms. The van der Waals surface area contributed by atoms with Gasteiger partial charge in [0.05, 0.1) is 0 Å². The number of anilines is 2. The second-order valence-corrected chi connectivity index (χ2v) is 5.75. The van der Waals surface area contributed by atoms with Crippen molar-refractivity contribution in [2.45, 2.75) is 0 Å². The normalized spacial score (nSPS) is 21.2. The molecule has 0 bridgehead atoms. The van der Waals surface area contributed by atoms with Gasteiger partial charge >= 0.3 is 0 Å². The molecule has 0 aliphatic carbocycles. The highest BCUT2D eigenvalue weighted by atomic mass is 15.2. The predicted molar refractivity (Wildman–Crippen MR) is 81.0 cm³/mol. The van der Waals surface area contributed by atoms with Crippen molar-refractivity contribution in [3.8, 4) is 0 Å². The second-order valence-electron chi connectivity index (χ2n) is 5.75. The summed E-state index contributed by atoms with van der Waals surface area (Å²) < 4.78 is 0. The number of piperazine rings is 1. The predicted octanol–water partition coefficient (Wildman–Crippen LogP) is 1.07. The highest BCUT2D eigenvalue weighted by Crippen LogP contribution is 2.21. The van der Waals surface area contributed by atoms with E-state index in [-0.39, 0.29) is 0 Å². The van der Waals surface area contributed by atoms with Crippen LogP contribution in [0.25, 0.3) is 0 Å². The van der Waals surface area contributed by atoms with E-state index in [1.807, 2.05) is 0 Å². The highest BCUT2D eigenvalue weighted by Gasteiger charge is 2.17. The fraction of sp³-hybridized carbons (Fsp3) is 0.600. The number of likely N-dealkylation sites (N-methyl/N-ethyl adjacent to an activating group) is 1. The second kappa shape index (κ2) is 5.80. The standard InChI is InChI=1S/C15H24N4/c1-18-5-7-19(8-6-18)15-4-2-3-14(9-15)17-12-13-10-16-11-13/h2-4,9,13,16-17H,5-8,10-12H2,1H3. The van der Waals surface area contributed by atoms with E-state index >= 15 is 0 Å². The van der Waals surface area contributed by atoms with E-state index in [1.165, 1.54) is 11.4 Å². The van der Waals surface area contributed by atoms with E-state index < -0.39 is 0 Å². The van der Waals surface area contributed by atoms with Gasteiger partial charge in [0, 0.05) is 63.1 Å². The van der Waals surface area contributed by atoms with Crippen LogP contribution in [0.2, 0.25) is 0 Å². The van der Waals surface area contributed by atoms with Gasteiger partial charge in [-0.2, -0.15) is 0 Å². The van der Waals surface area contributed by atoms with Crippen molar-refractivity contribution in [2.75, 3.05) is 63.1 Å². The van der Waals surface area contributed by atoms with Crippen molar-refractivity contribution < 1.29 is 0 Å². The summed E-state index contributed by atoms with van der Waals surface area (Å²) in [7, 11) is 2.20. The SMILES string of the molecule is CN1CCN(c2cccc(NCC3CNC3)c2)CC1. The van der Waals surface area contributed by atoms with Crippen molar-refractivity contribution >= 4 is 11.4 Å². The molecule has 0 spiro atoms. The van der Waals surface area contributed by atoms with Crippen molar-refractivity contribution in [3.63, 3.8) is 0 Å². The zero-order valence-electron chi connectivity index (χ0n) is 11.7. The van der Waals surface area contributed by atoms with Crippen LogP contribution < -0.4 is 15.5 Å². The third kappa shape index (κ3) is 3.19. The Hall–Kier alpha value is -1.26. The molecule has 4 nitrogen and oxygen atoms in total. The first kappa shape index (κ1) is 12.8.